The predicted molar refractivity (Wildman–Crippen MR) is 54.6 cm³/mol. The second-order valence-corrected chi connectivity index (χ2v) is 4.43. The molecule has 4 nitrogen and oxygen atoms in total. The van der Waals surface area contributed by atoms with Gasteiger partial charge in [0.25, 0.3) is 0 Å². The van der Waals surface area contributed by atoms with Crippen molar-refractivity contribution in [3.8, 4) is 0 Å². The summed E-state index contributed by atoms with van der Waals surface area (Å²) in [6.45, 7) is 5.33. The highest BCUT2D eigenvalue weighted by atomic mass is 32.2. The Labute approximate surface area is 84.3 Å². The molecule has 0 spiro atoms. The average molecular weight is 217 g/mol. The molecule has 0 bridgehead atoms. The van der Waals surface area contributed by atoms with Crippen LogP contribution < -0.4 is 6.15 Å². The molecule has 4 N–H and O–H groups in total. The van der Waals surface area contributed by atoms with Crippen molar-refractivity contribution < 1.29 is 13.0 Å². The summed E-state index contributed by atoms with van der Waals surface area (Å²) in [5, 5.41) is 0. The van der Waals surface area contributed by atoms with Crippen molar-refractivity contribution in [2.45, 2.75) is 25.7 Å². The molecule has 1 aromatic rings. The number of quaternary nitrogens is 1. The summed E-state index contributed by atoms with van der Waals surface area (Å²) in [6.07, 6.45) is 0. The summed E-state index contributed by atoms with van der Waals surface area (Å²) in [5.41, 5.74) is 2.40. The van der Waals surface area contributed by atoms with E-state index in [2.05, 4.69) is 0 Å². The molecule has 0 aromatic heterocycles. The average Bonchev–Trinajstić information content (AvgIpc) is 1.98. The van der Waals surface area contributed by atoms with Crippen LogP contribution in [0.1, 0.15) is 16.7 Å². The summed E-state index contributed by atoms with van der Waals surface area (Å²) in [5.74, 6) is 0. The molecule has 14 heavy (non-hydrogen) atoms. The van der Waals surface area contributed by atoms with E-state index in [1.165, 1.54) is 6.07 Å². The van der Waals surface area contributed by atoms with Crippen molar-refractivity contribution in [2.75, 3.05) is 0 Å². The van der Waals surface area contributed by atoms with Crippen LogP contribution in [-0.4, -0.2) is 13.0 Å². The smallest absolute Gasteiger partial charge is 0.124 e. The van der Waals surface area contributed by atoms with Gasteiger partial charge in [0, 0.05) is 0 Å². The van der Waals surface area contributed by atoms with E-state index in [4.69, 9.17) is 0 Å². The third-order valence-electron chi connectivity index (χ3n) is 2.28. The van der Waals surface area contributed by atoms with Crippen molar-refractivity contribution in [1.82, 2.24) is 6.15 Å². The molecule has 5 heteroatoms. The number of hydrogen-bond donors (Lipinski definition) is 1. The van der Waals surface area contributed by atoms with Gasteiger partial charge in [-0.05, 0) is 43.5 Å². The van der Waals surface area contributed by atoms with Gasteiger partial charge in [0.2, 0.25) is 0 Å². The first kappa shape index (κ1) is 13.1. The van der Waals surface area contributed by atoms with Gasteiger partial charge in [0.05, 0.1) is 4.90 Å². The lowest BCUT2D eigenvalue weighted by atomic mass is 10.1. The summed E-state index contributed by atoms with van der Waals surface area (Å²) in [4.78, 5) is -0.115. The van der Waals surface area contributed by atoms with Crippen molar-refractivity contribution in [2.24, 2.45) is 0 Å². The Kier molecular flexibility index (Phi) is 3.81. The fourth-order valence-electron chi connectivity index (χ4n) is 1.20. The molecule has 1 rings (SSSR count). The van der Waals surface area contributed by atoms with Crippen LogP contribution in [0, 0.1) is 20.8 Å². The van der Waals surface area contributed by atoms with Gasteiger partial charge in [-0.2, -0.15) is 0 Å². The minimum absolute atomic E-state index is 0. The molecule has 80 valence electrons. The lowest BCUT2D eigenvalue weighted by Gasteiger charge is -2.13. The van der Waals surface area contributed by atoms with Gasteiger partial charge >= 0.3 is 0 Å². The van der Waals surface area contributed by atoms with Crippen LogP contribution >= 0.6 is 0 Å². The molecule has 0 aliphatic carbocycles. The summed E-state index contributed by atoms with van der Waals surface area (Å²) < 4.78 is 32.3. The molecular formula is C9H15NO3S. The molecule has 0 atom stereocenters. The Morgan fingerprint density at radius 1 is 1.07 bits per heavy atom. The topological polar surface area (TPSA) is 93.7 Å². The van der Waals surface area contributed by atoms with Crippen molar-refractivity contribution >= 4 is 10.1 Å². The summed E-state index contributed by atoms with van der Waals surface area (Å²) in [6, 6.07) is 3.01. The lowest BCUT2D eigenvalue weighted by Crippen LogP contribution is -2.03. The maximum atomic E-state index is 10.8. The van der Waals surface area contributed by atoms with Crippen LogP contribution in [0.3, 0.4) is 0 Å². The zero-order chi connectivity index (χ0) is 10.2. The number of benzene rings is 1. The van der Waals surface area contributed by atoms with Gasteiger partial charge in [-0.15, -0.1) is 0 Å². The molecule has 0 aliphatic heterocycles. The summed E-state index contributed by atoms with van der Waals surface area (Å²) in [7, 11) is -4.32. The monoisotopic (exact) mass is 217 g/mol. The molecule has 0 saturated carbocycles. The Bertz CT molecular complexity index is 438. The zero-order valence-electron chi connectivity index (χ0n) is 8.79. The molecule has 0 saturated heterocycles. The van der Waals surface area contributed by atoms with Gasteiger partial charge in [-0.25, -0.2) is 8.42 Å². The van der Waals surface area contributed by atoms with E-state index in [-0.39, 0.29) is 11.0 Å². The first-order valence-corrected chi connectivity index (χ1v) is 5.27. The van der Waals surface area contributed by atoms with E-state index in [0.29, 0.717) is 5.56 Å². The lowest BCUT2D eigenvalue weighted by molar-refractivity contribution is 0.462. The van der Waals surface area contributed by atoms with Crippen LogP contribution in [0.2, 0.25) is 0 Å². The van der Waals surface area contributed by atoms with Gasteiger partial charge in [-0.1, -0.05) is 6.07 Å². The molecule has 0 unspecified atom stereocenters. The van der Waals surface area contributed by atoms with Crippen molar-refractivity contribution in [1.29, 1.82) is 0 Å². The van der Waals surface area contributed by atoms with E-state index in [9.17, 15) is 13.0 Å². The first-order valence-electron chi connectivity index (χ1n) is 3.86. The van der Waals surface area contributed by atoms with Crippen LogP contribution in [0.4, 0.5) is 0 Å². The summed E-state index contributed by atoms with van der Waals surface area (Å²) >= 11 is 0. The third kappa shape index (κ3) is 2.31. The largest absolute Gasteiger partial charge is 0.744 e. The fourth-order valence-corrected chi connectivity index (χ4v) is 1.96. The van der Waals surface area contributed by atoms with Gasteiger partial charge in [0.15, 0.2) is 0 Å². The normalized spacial score (nSPS) is 10.9. The van der Waals surface area contributed by atoms with E-state index in [0.717, 1.165) is 11.1 Å². The Morgan fingerprint density at radius 2 is 1.57 bits per heavy atom. The fraction of sp³-hybridized carbons (Fsp3) is 0.333. The van der Waals surface area contributed by atoms with Crippen LogP contribution in [0.15, 0.2) is 17.0 Å². The molecular weight excluding hydrogens is 202 g/mol. The van der Waals surface area contributed by atoms with Crippen LogP contribution in [-0.2, 0) is 10.1 Å². The molecule has 1 aromatic carbocycles. The van der Waals surface area contributed by atoms with Gasteiger partial charge < -0.3 is 10.7 Å². The molecule has 0 aliphatic rings. The maximum Gasteiger partial charge on any atom is 0.124 e. The third-order valence-corrected chi connectivity index (χ3v) is 3.26. The first-order chi connectivity index (χ1) is 5.84. The minimum atomic E-state index is -4.32. The number of aryl methyl sites for hydroxylation is 1. The maximum absolute atomic E-state index is 10.8. The SMILES string of the molecule is Cc1ccc(S(=O)(=O)[O-])c(C)c1C.[NH4+]. The highest BCUT2D eigenvalue weighted by Gasteiger charge is 2.08. The molecule has 0 amide bonds. The quantitative estimate of drug-likeness (QED) is 0.728. The van der Waals surface area contributed by atoms with Crippen LogP contribution in [0.5, 0.6) is 0 Å². The standard InChI is InChI=1S/C9H12O3S.H3N/c1-6-4-5-9(13(10,11)12)8(3)7(6)2;/h4-5H,1-3H3,(H,10,11,12);1H3. The number of hydrogen-bond acceptors (Lipinski definition) is 3. The Morgan fingerprint density at radius 3 is 2.00 bits per heavy atom. The van der Waals surface area contributed by atoms with Crippen molar-refractivity contribution in [3.63, 3.8) is 0 Å². The van der Waals surface area contributed by atoms with Gasteiger partial charge in [-0.3, -0.25) is 0 Å². The number of rotatable bonds is 1. The highest BCUT2D eigenvalue weighted by molar-refractivity contribution is 7.85. The van der Waals surface area contributed by atoms with Crippen LogP contribution in [0.25, 0.3) is 0 Å². The molecule has 0 fully saturated rings. The van der Waals surface area contributed by atoms with E-state index in [1.54, 1.807) is 19.9 Å². The minimum Gasteiger partial charge on any atom is -0.744 e. The highest BCUT2D eigenvalue weighted by Crippen LogP contribution is 2.20. The molecule has 0 heterocycles. The van der Waals surface area contributed by atoms with Crippen molar-refractivity contribution in [3.05, 3.63) is 28.8 Å². The van der Waals surface area contributed by atoms with E-state index in [1.807, 2.05) is 6.92 Å². The van der Waals surface area contributed by atoms with Gasteiger partial charge in [0.1, 0.15) is 10.1 Å². The zero-order valence-corrected chi connectivity index (χ0v) is 9.60. The Balaban J connectivity index is 0.00000169. The van der Waals surface area contributed by atoms with E-state index < -0.39 is 10.1 Å². The second-order valence-electron chi connectivity index (χ2n) is 3.08. The predicted octanol–water partition coefficient (Wildman–Crippen LogP) is 1.89. The van der Waals surface area contributed by atoms with E-state index >= 15 is 0 Å². The molecule has 0 radical (unpaired) electrons. The Hall–Kier alpha value is -0.910. The second kappa shape index (κ2) is 4.08.